The van der Waals surface area contributed by atoms with Crippen LogP contribution in [0.25, 0.3) is 0 Å². The minimum absolute atomic E-state index is 0.0764. The smallest absolute Gasteiger partial charge is 0.257 e. The zero-order valence-electron chi connectivity index (χ0n) is 24.8. The molecular weight excluding hydrogens is 608 g/mol. The number of halogens is 3. The number of hydrogen-bond acceptors (Lipinski definition) is 8. The zero-order chi connectivity index (χ0) is 31.1. The van der Waals surface area contributed by atoms with Gasteiger partial charge in [0.15, 0.2) is 0 Å². The van der Waals surface area contributed by atoms with Crippen molar-refractivity contribution in [1.29, 1.82) is 0 Å². The van der Waals surface area contributed by atoms with Gasteiger partial charge in [0, 0.05) is 62.3 Å². The predicted molar refractivity (Wildman–Crippen MR) is 164 cm³/mol. The Kier molecular flexibility index (Phi) is 8.96. The summed E-state index contributed by atoms with van der Waals surface area (Å²) in [6.07, 6.45) is 3.40. The van der Waals surface area contributed by atoms with Crippen LogP contribution in [0, 0.1) is 5.82 Å². The van der Waals surface area contributed by atoms with E-state index in [9.17, 15) is 9.90 Å². The van der Waals surface area contributed by atoms with Crippen LogP contribution in [0.4, 0.5) is 4.39 Å². The molecular formula is C32H36Cl2FN5O4. The maximum absolute atomic E-state index is 16.8. The highest BCUT2D eigenvalue weighted by molar-refractivity contribution is 6.30. The first-order valence-corrected chi connectivity index (χ1v) is 15.7. The lowest BCUT2D eigenvalue weighted by atomic mass is 9.85. The van der Waals surface area contributed by atoms with Crippen molar-refractivity contribution >= 4 is 29.1 Å². The molecule has 1 aromatic heterocycles. The second kappa shape index (κ2) is 12.6. The SMILES string of the molecule is CCC(O)(CN1CCN(C)CC1)c1cc(F)c2c(c1)C(=O)N(Cc1ncc(Cl)cn1)[C@@]2(O[C@H]1CCOC1)c1ccc(Cl)cc1. The molecule has 4 heterocycles. The number of rotatable bonds is 9. The average Bonchev–Trinajstić information content (AvgIpc) is 3.61. The molecule has 3 aliphatic rings. The van der Waals surface area contributed by atoms with E-state index in [2.05, 4.69) is 26.8 Å². The highest BCUT2D eigenvalue weighted by atomic mass is 35.5. The summed E-state index contributed by atoms with van der Waals surface area (Å²) in [6, 6.07) is 9.82. The maximum atomic E-state index is 16.8. The molecule has 0 radical (unpaired) electrons. The molecule has 6 rings (SSSR count). The number of carbonyl (C=O) groups excluding carboxylic acids is 1. The fraction of sp³-hybridized carbons (Fsp3) is 0.469. The number of hydrogen-bond donors (Lipinski definition) is 1. The number of β-amino-alcohol motifs (C(OH)–C–C–N with tert-alkyl or cyclic N) is 1. The van der Waals surface area contributed by atoms with Gasteiger partial charge in [0.05, 0.1) is 35.4 Å². The molecule has 2 aromatic carbocycles. The molecule has 3 atom stereocenters. The lowest BCUT2D eigenvalue weighted by Gasteiger charge is -2.41. The first-order chi connectivity index (χ1) is 21.1. The van der Waals surface area contributed by atoms with Crippen LogP contribution in [0.2, 0.25) is 10.0 Å². The van der Waals surface area contributed by atoms with E-state index in [-0.39, 0.29) is 17.7 Å². The molecule has 0 aliphatic carbocycles. The maximum Gasteiger partial charge on any atom is 0.257 e. The Morgan fingerprint density at radius 2 is 1.82 bits per heavy atom. The van der Waals surface area contributed by atoms with E-state index < -0.39 is 29.2 Å². The van der Waals surface area contributed by atoms with Gasteiger partial charge in [-0.25, -0.2) is 14.4 Å². The average molecular weight is 645 g/mol. The largest absolute Gasteiger partial charge is 0.384 e. The topological polar surface area (TPSA) is 91.3 Å². The molecule has 1 N–H and O–H groups in total. The third-order valence-corrected chi connectivity index (χ3v) is 9.37. The summed E-state index contributed by atoms with van der Waals surface area (Å²) in [5.74, 6) is -0.809. The molecule has 3 aromatic rings. The molecule has 3 aliphatic heterocycles. The summed E-state index contributed by atoms with van der Waals surface area (Å²) in [5, 5.41) is 12.8. The zero-order valence-corrected chi connectivity index (χ0v) is 26.3. The number of benzene rings is 2. The number of aliphatic hydroxyl groups is 1. The molecule has 2 saturated heterocycles. The van der Waals surface area contributed by atoms with Crippen LogP contribution in [0.15, 0.2) is 48.8 Å². The van der Waals surface area contributed by atoms with Gasteiger partial charge in [0.25, 0.3) is 5.91 Å². The summed E-state index contributed by atoms with van der Waals surface area (Å²) in [6.45, 7) is 6.22. The van der Waals surface area contributed by atoms with E-state index in [1.54, 1.807) is 30.3 Å². The van der Waals surface area contributed by atoms with Gasteiger partial charge in [-0.1, -0.05) is 42.3 Å². The Hall–Kier alpha value is -2.70. The van der Waals surface area contributed by atoms with Gasteiger partial charge in [0.2, 0.25) is 5.72 Å². The summed E-state index contributed by atoms with van der Waals surface area (Å²) in [5.41, 5.74) is -1.99. The molecule has 0 bridgehead atoms. The lowest BCUT2D eigenvalue weighted by Crippen LogP contribution is -2.50. The van der Waals surface area contributed by atoms with E-state index >= 15 is 4.39 Å². The summed E-state index contributed by atoms with van der Waals surface area (Å²) >= 11 is 12.3. The molecule has 0 saturated carbocycles. The van der Waals surface area contributed by atoms with Crippen LogP contribution in [0.5, 0.6) is 0 Å². The Labute approximate surface area is 266 Å². The fourth-order valence-corrected chi connectivity index (χ4v) is 6.58. The molecule has 1 amide bonds. The first-order valence-electron chi connectivity index (χ1n) is 14.9. The minimum Gasteiger partial charge on any atom is -0.384 e. The van der Waals surface area contributed by atoms with Crippen LogP contribution in [-0.2, 0) is 27.3 Å². The van der Waals surface area contributed by atoms with Gasteiger partial charge in [-0.05, 0) is 49.7 Å². The summed E-state index contributed by atoms with van der Waals surface area (Å²) in [4.78, 5) is 29.0. The van der Waals surface area contributed by atoms with E-state index in [1.165, 1.54) is 23.4 Å². The summed E-state index contributed by atoms with van der Waals surface area (Å²) < 4.78 is 29.2. The second-order valence-electron chi connectivity index (χ2n) is 11.8. The number of piperazine rings is 1. The number of nitrogens with zero attached hydrogens (tertiary/aromatic N) is 5. The molecule has 12 heteroatoms. The number of fused-ring (bicyclic) bond motifs is 1. The van der Waals surface area contributed by atoms with Gasteiger partial charge in [-0.3, -0.25) is 14.6 Å². The molecule has 2 fully saturated rings. The number of likely N-dealkylation sites (N-methyl/N-ethyl adjacent to an activating group) is 1. The van der Waals surface area contributed by atoms with E-state index in [4.69, 9.17) is 32.7 Å². The Bertz CT molecular complexity index is 1500. The number of ether oxygens (including phenoxy) is 2. The van der Waals surface area contributed by atoms with E-state index in [0.717, 1.165) is 26.2 Å². The molecule has 1 unspecified atom stereocenters. The standard InChI is InChI=1S/C32H36Cl2FN5O4/c1-3-31(42,20-39-11-9-38(2)10-12-39)22-14-26-29(27(35)15-22)32(44-25-8-13-43-19-25,21-4-6-23(33)7-5-21)40(30(26)41)18-28-36-16-24(34)17-37-28/h4-7,14-17,25,42H,3,8-13,18-20H2,1-2H3/t25-,31?,32+/m0/s1. The van der Waals surface area contributed by atoms with Crippen LogP contribution in [0.3, 0.4) is 0 Å². The number of amides is 1. The third kappa shape index (κ3) is 5.85. The number of carbonyl (C=O) groups is 1. The third-order valence-electron chi connectivity index (χ3n) is 8.92. The Balaban J connectivity index is 1.50. The van der Waals surface area contributed by atoms with Crippen molar-refractivity contribution in [2.45, 2.75) is 43.7 Å². The van der Waals surface area contributed by atoms with Gasteiger partial charge in [0.1, 0.15) is 17.2 Å². The highest BCUT2D eigenvalue weighted by Gasteiger charge is 2.56. The van der Waals surface area contributed by atoms with Crippen LogP contribution in [0.1, 0.15) is 52.6 Å². The van der Waals surface area contributed by atoms with Crippen LogP contribution in [-0.4, -0.2) is 94.8 Å². The van der Waals surface area contributed by atoms with Gasteiger partial charge in [-0.2, -0.15) is 0 Å². The predicted octanol–water partition coefficient (Wildman–Crippen LogP) is 4.43. The monoisotopic (exact) mass is 643 g/mol. The van der Waals surface area contributed by atoms with Gasteiger partial charge >= 0.3 is 0 Å². The van der Waals surface area contributed by atoms with Crippen LogP contribution >= 0.6 is 23.2 Å². The van der Waals surface area contributed by atoms with E-state index in [1.807, 2.05) is 6.92 Å². The second-order valence-corrected chi connectivity index (χ2v) is 12.7. The fourth-order valence-electron chi connectivity index (χ4n) is 6.35. The van der Waals surface area contributed by atoms with Crippen LogP contribution < -0.4 is 0 Å². The molecule has 0 spiro atoms. The quantitative estimate of drug-likeness (QED) is 0.366. The Morgan fingerprint density at radius 1 is 1.11 bits per heavy atom. The van der Waals surface area contributed by atoms with Crippen molar-refractivity contribution in [2.24, 2.45) is 0 Å². The van der Waals surface area contributed by atoms with E-state index in [0.29, 0.717) is 59.6 Å². The lowest BCUT2D eigenvalue weighted by molar-refractivity contribution is -0.149. The van der Waals surface area contributed by atoms with Crippen molar-refractivity contribution < 1.29 is 23.8 Å². The molecule has 234 valence electrons. The van der Waals surface area contributed by atoms with Crippen molar-refractivity contribution in [2.75, 3.05) is 53.0 Å². The van der Waals surface area contributed by atoms with Gasteiger partial charge < -0.3 is 19.5 Å². The van der Waals surface area contributed by atoms with Crippen molar-refractivity contribution in [3.8, 4) is 0 Å². The van der Waals surface area contributed by atoms with Crippen molar-refractivity contribution in [3.63, 3.8) is 0 Å². The first kappa shape index (κ1) is 31.3. The van der Waals surface area contributed by atoms with Crippen molar-refractivity contribution in [1.82, 2.24) is 24.7 Å². The minimum atomic E-state index is -1.68. The molecule has 44 heavy (non-hydrogen) atoms. The molecule has 9 nitrogen and oxygen atoms in total. The highest BCUT2D eigenvalue weighted by Crippen LogP contribution is 2.49. The van der Waals surface area contributed by atoms with Crippen molar-refractivity contribution in [3.05, 3.63) is 92.7 Å². The Morgan fingerprint density at radius 3 is 2.45 bits per heavy atom. The normalized spacial score (nSPS) is 24.1. The van der Waals surface area contributed by atoms with Gasteiger partial charge in [-0.15, -0.1) is 0 Å². The summed E-state index contributed by atoms with van der Waals surface area (Å²) in [7, 11) is 2.07. The number of aromatic nitrogens is 2.